The number of aromatic nitrogens is 3. The van der Waals surface area contributed by atoms with E-state index in [1.165, 1.54) is 23.4 Å². The van der Waals surface area contributed by atoms with Gasteiger partial charge in [0.1, 0.15) is 5.65 Å². The number of benzene rings is 1. The maximum atomic E-state index is 12.9. The monoisotopic (exact) mass is 397 g/mol. The van der Waals surface area contributed by atoms with Gasteiger partial charge in [-0.2, -0.15) is 0 Å². The highest BCUT2D eigenvalue weighted by Crippen LogP contribution is 2.30. The summed E-state index contributed by atoms with van der Waals surface area (Å²) in [4.78, 5) is 42.9. The minimum absolute atomic E-state index is 0.00676. The Hall–Kier alpha value is -2.67. The number of aryl methyl sites for hydroxylation is 1. The molecule has 7 heteroatoms. The number of carbonyl (C=O) groups excluding carboxylic acids is 1. The predicted octanol–water partition coefficient (Wildman–Crippen LogP) is 2.81. The third kappa shape index (κ3) is 3.80. The number of Topliss-reactive ketones (excluding diaryl/α,β-unsaturated/α-hetero) is 1. The van der Waals surface area contributed by atoms with Crippen LogP contribution >= 0.6 is 11.8 Å². The molecule has 0 spiro atoms. The summed E-state index contributed by atoms with van der Waals surface area (Å²) < 4.78 is 2.46. The first-order valence-corrected chi connectivity index (χ1v) is 10.1. The van der Waals surface area contributed by atoms with Crippen molar-refractivity contribution in [3.8, 4) is 0 Å². The summed E-state index contributed by atoms with van der Waals surface area (Å²) in [6, 6.07) is 9.09. The van der Waals surface area contributed by atoms with E-state index in [1.54, 1.807) is 25.4 Å². The second kappa shape index (κ2) is 8.14. The molecule has 0 aliphatic carbocycles. The van der Waals surface area contributed by atoms with Gasteiger partial charge < -0.3 is 0 Å². The average molecular weight is 398 g/mol. The highest BCUT2D eigenvalue weighted by Gasteiger charge is 2.19. The zero-order chi connectivity index (χ0) is 20.4. The standard InChI is InChI=1S/C21H23N3O3S/c1-13(2)10-15-11-22-19-17(20(26)24(4)21(27)23(19)3)18(15)28-12-16(25)14-8-6-5-7-9-14/h5-9,11,13H,10,12H2,1-4H3. The Bertz CT molecular complexity index is 1150. The van der Waals surface area contributed by atoms with Crippen LogP contribution in [0.15, 0.2) is 51.0 Å². The number of nitrogens with zero attached hydrogens (tertiary/aromatic N) is 3. The third-order valence-corrected chi connectivity index (χ3v) is 5.73. The van der Waals surface area contributed by atoms with Crippen molar-refractivity contribution in [2.45, 2.75) is 25.2 Å². The second-order valence-corrected chi connectivity index (χ2v) is 8.18. The van der Waals surface area contributed by atoms with Crippen LogP contribution in [0.25, 0.3) is 11.0 Å². The van der Waals surface area contributed by atoms with Crippen molar-refractivity contribution in [2.75, 3.05) is 5.75 Å². The maximum absolute atomic E-state index is 12.9. The molecule has 0 radical (unpaired) electrons. The van der Waals surface area contributed by atoms with Gasteiger partial charge in [-0.15, -0.1) is 11.8 Å². The molecule has 0 amide bonds. The van der Waals surface area contributed by atoms with Gasteiger partial charge in [-0.1, -0.05) is 44.2 Å². The molecule has 0 unspecified atom stereocenters. The number of hydrogen-bond donors (Lipinski definition) is 0. The predicted molar refractivity (Wildman–Crippen MR) is 112 cm³/mol. The Kier molecular flexibility index (Phi) is 5.84. The van der Waals surface area contributed by atoms with Crippen LogP contribution in [0.5, 0.6) is 0 Å². The lowest BCUT2D eigenvalue weighted by molar-refractivity contribution is 0.102. The molecule has 0 fully saturated rings. The van der Waals surface area contributed by atoms with Gasteiger partial charge in [0, 0.05) is 30.8 Å². The lowest BCUT2D eigenvalue weighted by Crippen LogP contribution is -2.37. The molecule has 0 aliphatic heterocycles. The van der Waals surface area contributed by atoms with Gasteiger partial charge in [0.05, 0.1) is 11.1 Å². The van der Waals surface area contributed by atoms with E-state index in [-0.39, 0.29) is 17.1 Å². The van der Waals surface area contributed by atoms with E-state index >= 15 is 0 Å². The van der Waals surface area contributed by atoms with E-state index in [4.69, 9.17) is 0 Å². The maximum Gasteiger partial charge on any atom is 0.332 e. The Labute approximate surface area is 167 Å². The number of rotatable bonds is 6. The highest BCUT2D eigenvalue weighted by atomic mass is 32.2. The molecule has 2 heterocycles. The molecule has 3 rings (SSSR count). The number of carbonyl (C=O) groups is 1. The molecule has 0 atom stereocenters. The van der Waals surface area contributed by atoms with E-state index in [2.05, 4.69) is 18.8 Å². The Morgan fingerprint density at radius 1 is 1.11 bits per heavy atom. The number of thioether (sulfide) groups is 1. The number of pyridine rings is 1. The number of hydrogen-bond acceptors (Lipinski definition) is 5. The van der Waals surface area contributed by atoms with Crippen molar-refractivity contribution in [1.82, 2.24) is 14.1 Å². The zero-order valence-electron chi connectivity index (χ0n) is 16.4. The topological polar surface area (TPSA) is 74.0 Å². The largest absolute Gasteiger partial charge is 0.332 e. The van der Waals surface area contributed by atoms with Crippen molar-refractivity contribution in [3.63, 3.8) is 0 Å². The van der Waals surface area contributed by atoms with Gasteiger partial charge in [0.25, 0.3) is 5.56 Å². The van der Waals surface area contributed by atoms with Gasteiger partial charge in [0.2, 0.25) is 0 Å². The molecular formula is C21H23N3O3S. The van der Waals surface area contributed by atoms with Crippen molar-refractivity contribution >= 4 is 28.6 Å². The van der Waals surface area contributed by atoms with Crippen LogP contribution in [0.4, 0.5) is 0 Å². The molecule has 0 N–H and O–H groups in total. The van der Waals surface area contributed by atoms with Crippen LogP contribution in [-0.4, -0.2) is 25.7 Å². The van der Waals surface area contributed by atoms with Crippen LogP contribution in [0, 0.1) is 5.92 Å². The quantitative estimate of drug-likeness (QED) is 0.472. The molecule has 0 bridgehead atoms. The highest BCUT2D eigenvalue weighted by molar-refractivity contribution is 8.00. The summed E-state index contributed by atoms with van der Waals surface area (Å²) in [5.41, 5.74) is 1.10. The smallest absolute Gasteiger partial charge is 0.293 e. The summed E-state index contributed by atoms with van der Waals surface area (Å²) in [6.45, 7) is 4.18. The molecule has 3 aromatic rings. The van der Waals surface area contributed by atoms with Crippen LogP contribution in [-0.2, 0) is 20.5 Å². The van der Waals surface area contributed by atoms with Crippen LogP contribution in [0.1, 0.15) is 29.8 Å². The molecule has 1 aromatic carbocycles. The lowest BCUT2D eigenvalue weighted by atomic mass is 10.0. The van der Waals surface area contributed by atoms with Gasteiger partial charge >= 0.3 is 5.69 Å². The minimum Gasteiger partial charge on any atom is -0.293 e. The molecule has 28 heavy (non-hydrogen) atoms. The van der Waals surface area contributed by atoms with Gasteiger partial charge in [-0.05, 0) is 17.9 Å². The van der Waals surface area contributed by atoms with Crippen molar-refractivity contribution in [2.24, 2.45) is 20.0 Å². The molecule has 0 aliphatic rings. The van der Waals surface area contributed by atoms with Crippen LogP contribution < -0.4 is 11.2 Å². The van der Waals surface area contributed by atoms with E-state index in [1.807, 2.05) is 18.2 Å². The molecule has 2 aromatic heterocycles. The fraction of sp³-hybridized carbons (Fsp3) is 0.333. The minimum atomic E-state index is -0.419. The molecule has 6 nitrogen and oxygen atoms in total. The van der Waals surface area contributed by atoms with Crippen molar-refractivity contribution in [3.05, 3.63) is 68.5 Å². The molecule has 0 saturated heterocycles. The van der Waals surface area contributed by atoms with E-state index in [0.29, 0.717) is 22.5 Å². The first kappa shape index (κ1) is 20.1. The van der Waals surface area contributed by atoms with E-state index < -0.39 is 5.69 Å². The Morgan fingerprint density at radius 2 is 1.79 bits per heavy atom. The van der Waals surface area contributed by atoms with Crippen LogP contribution in [0.2, 0.25) is 0 Å². The fourth-order valence-electron chi connectivity index (χ4n) is 3.14. The van der Waals surface area contributed by atoms with Crippen molar-refractivity contribution < 1.29 is 4.79 Å². The molecule has 146 valence electrons. The Morgan fingerprint density at radius 3 is 2.43 bits per heavy atom. The fourth-order valence-corrected chi connectivity index (χ4v) is 4.22. The summed E-state index contributed by atoms with van der Waals surface area (Å²) >= 11 is 1.34. The molecular weight excluding hydrogens is 374 g/mol. The van der Waals surface area contributed by atoms with Crippen LogP contribution in [0.3, 0.4) is 0 Å². The van der Waals surface area contributed by atoms with E-state index in [0.717, 1.165) is 21.4 Å². The van der Waals surface area contributed by atoms with Gasteiger partial charge in [-0.3, -0.25) is 18.7 Å². The first-order chi connectivity index (χ1) is 13.3. The summed E-state index contributed by atoms with van der Waals surface area (Å²) in [6.07, 6.45) is 2.45. The average Bonchev–Trinajstić information content (AvgIpc) is 2.69. The van der Waals surface area contributed by atoms with Crippen molar-refractivity contribution in [1.29, 1.82) is 0 Å². The zero-order valence-corrected chi connectivity index (χ0v) is 17.2. The van der Waals surface area contributed by atoms with E-state index in [9.17, 15) is 14.4 Å². The first-order valence-electron chi connectivity index (χ1n) is 9.10. The third-order valence-electron chi connectivity index (χ3n) is 4.57. The lowest BCUT2D eigenvalue weighted by Gasteiger charge is -2.15. The second-order valence-electron chi connectivity index (χ2n) is 7.19. The normalized spacial score (nSPS) is 11.3. The summed E-state index contributed by atoms with van der Waals surface area (Å²) in [7, 11) is 3.06. The van der Waals surface area contributed by atoms with Gasteiger partial charge in [-0.25, -0.2) is 9.78 Å². The summed E-state index contributed by atoms with van der Waals surface area (Å²) in [5.74, 6) is 0.563. The molecule has 0 saturated carbocycles. The number of ketones is 1. The number of fused-ring (bicyclic) bond motifs is 1. The Balaban J connectivity index is 2.13. The summed E-state index contributed by atoms with van der Waals surface area (Å²) in [5, 5.41) is 0.397. The van der Waals surface area contributed by atoms with Gasteiger partial charge in [0.15, 0.2) is 5.78 Å². The SMILES string of the molecule is CC(C)Cc1cnc2c(c1SCC(=O)c1ccccc1)c(=O)n(C)c(=O)n2C.